The quantitative estimate of drug-likeness (QED) is 0.753. The number of aromatic nitrogens is 1. The Morgan fingerprint density at radius 2 is 1.42 bits per heavy atom. The number of ether oxygens (including phenoxy) is 2. The molecule has 1 N–H and O–H groups in total. The molecule has 122 valence electrons. The van der Waals surface area contributed by atoms with Crippen molar-refractivity contribution in [3.05, 3.63) is 53.5 Å². The fourth-order valence-corrected chi connectivity index (χ4v) is 3.23. The Morgan fingerprint density at radius 3 is 1.88 bits per heavy atom. The maximum absolute atomic E-state index is 11.3. The molecule has 1 aromatic heterocycles. The molecule has 1 heterocycles. The summed E-state index contributed by atoms with van der Waals surface area (Å²) in [7, 11) is 3.20. The number of hydrogen-bond acceptors (Lipinski definition) is 5. The number of benzene rings is 2. The van der Waals surface area contributed by atoms with Crippen molar-refractivity contribution in [2.75, 3.05) is 14.2 Å². The van der Waals surface area contributed by atoms with Gasteiger partial charge in [0.15, 0.2) is 0 Å². The van der Waals surface area contributed by atoms with Gasteiger partial charge in [0.05, 0.1) is 24.8 Å². The first-order valence-corrected chi connectivity index (χ1v) is 7.97. The van der Waals surface area contributed by atoms with E-state index in [2.05, 4.69) is 4.98 Å². The molecule has 0 aliphatic heterocycles. The van der Waals surface area contributed by atoms with Crippen molar-refractivity contribution < 1.29 is 19.4 Å². The van der Waals surface area contributed by atoms with Gasteiger partial charge < -0.3 is 14.6 Å². The first-order valence-electron chi connectivity index (χ1n) is 7.15. The van der Waals surface area contributed by atoms with Gasteiger partial charge in [0, 0.05) is 5.56 Å². The molecule has 0 aliphatic rings. The summed E-state index contributed by atoms with van der Waals surface area (Å²) < 4.78 is 10.3. The highest BCUT2D eigenvalue weighted by molar-refractivity contribution is 7.17. The molecule has 0 unspecified atom stereocenters. The highest BCUT2D eigenvalue weighted by Gasteiger charge is 2.18. The summed E-state index contributed by atoms with van der Waals surface area (Å²) in [6.45, 7) is 0. The number of rotatable bonds is 5. The molecule has 3 rings (SSSR count). The van der Waals surface area contributed by atoms with E-state index in [1.807, 2.05) is 48.5 Å². The third kappa shape index (κ3) is 3.09. The predicted molar refractivity (Wildman–Crippen MR) is 93.0 cm³/mol. The number of methoxy groups -OCH3 is 2. The molecule has 0 atom stereocenters. The van der Waals surface area contributed by atoms with Crippen LogP contribution in [0.2, 0.25) is 0 Å². The second kappa shape index (κ2) is 6.72. The minimum Gasteiger partial charge on any atom is -0.497 e. The Balaban J connectivity index is 2.10. The summed E-state index contributed by atoms with van der Waals surface area (Å²) in [6.07, 6.45) is 0. The largest absolute Gasteiger partial charge is 0.497 e. The highest BCUT2D eigenvalue weighted by Crippen LogP contribution is 2.38. The van der Waals surface area contributed by atoms with Crippen LogP contribution in [0.1, 0.15) is 9.80 Å². The normalized spacial score (nSPS) is 10.4. The zero-order valence-corrected chi connectivity index (χ0v) is 14.0. The van der Waals surface area contributed by atoms with Crippen molar-refractivity contribution in [2.45, 2.75) is 0 Å². The van der Waals surface area contributed by atoms with E-state index in [0.717, 1.165) is 38.8 Å². The molecule has 0 radical (unpaired) electrons. The average molecular weight is 341 g/mol. The lowest BCUT2D eigenvalue weighted by Gasteiger charge is -2.05. The van der Waals surface area contributed by atoms with Crippen molar-refractivity contribution in [1.29, 1.82) is 0 Å². The molecule has 0 spiro atoms. The third-order valence-corrected chi connectivity index (χ3v) is 4.62. The second-order valence-electron chi connectivity index (χ2n) is 4.96. The maximum Gasteiger partial charge on any atom is 0.365 e. The monoisotopic (exact) mass is 341 g/mol. The number of carboxylic acids is 1. The molecule has 0 bridgehead atoms. The topological polar surface area (TPSA) is 68.7 Å². The van der Waals surface area contributed by atoms with Gasteiger partial charge in [-0.3, -0.25) is 0 Å². The van der Waals surface area contributed by atoms with Crippen molar-refractivity contribution in [3.8, 4) is 33.2 Å². The van der Waals surface area contributed by atoms with E-state index in [4.69, 9.17) is 9.47 Å². The van der Waals surface area contributed by atoms with Crippen LogP contribution >= 0.6 is 11.3 Å². The molecule has 0 aliphatic carbocycles. The number of aromatic carboxylic acids is 1. The van der Waals surface area contributed by atoms with Gasteiger partial charge in [0.2, 0.25) is 5.01 Å². The standard InChI is InChI=1S/C18H15NO4S/c1-22-13-7-3-11(4-8-13)15-16(24-17(19-15)18(20)21)12-5-9-14(23-2)10-6-12/h3-10H,1-2H3,(H,20,21). The van der Waals surface area contributed by atoms with Gasteiger partial charge in [-0.1, -0.05) is 0 Å². The van der Waals surface area contributed by atoms with Crippen LogP contribution in [0.3, 0.4) is 0 Å². The van der Waals surface area contributed by atoms with Gasteiger partial charge >= 0.3 is 5.97 Å². The Hall–Kier alpha value is -2.86. The van der Waals surface area contributed by atoms with Gasteiger partial charge in [-0.2, -0.15) is 0 Å². The summed E-state index contributed by atoms with van der Waals surface area (Å²) in [5, 5.41) is 9.35. The second-order valence-corrected chi connectivity index (χ2v) is 5.96. The van der Waals surface area contributed by atoms with Crippen LogP contribution < -0.4 is 9.47 Å². The number of hydrogen-bond donors (Lipinski definition) is 1. The summed E-state index contributed by atoms with van der Waals surface area (Å²) in [4.78, 5) is 16.4. The number of carbonyl (C=O) groups is 1. The average Bonchev–Trinajstić information content (AvgIpc) is 3.07. The molecule has 24 heavy (non-hydrogen) atoms. The molecule has 0 saturated heterocycles. The van der Waals surface area contributed by atoms with Crippen molar-refractivity contribution in [2.24, 2.45) is 0 Å². The molecule has 0 fully saturated rings. The predicted octanol–water partition coefficient (Wildman–Crippen LogP) is 4.19. The SMILES string of the molecule is COc1ccc(-c2nc(C(=O)O)sc2-c2ccc(OC)cc2)cc1. The zero-order valence-electron chi connectivity index (χ0n) is 13.1. The van der Waals surface area contributed by atoms with Gasteiger partial charge in [0.1, 0.15) is 11.5 Å². The molecule has 0 amide bonds. The van der Waals surface area contributed by atoms with Crippen molar-refractivity contribution in [3.63, 3.8) is 0 Å². The minimum atomic E-state index is -1.03. The van der Waals surface area contributed by atoms with Crippen LogP contribution in [0.4, 0.5) is 0 Å². The van der Waals surface area contributed by atoms with Crippen LogP contribution in [-0.2, 0) is 0 Å². The highest BCUT2D eigenvalue weighted by atomic mass is 32.1. The van der Waals surface area contributed by atoms with Gasteiger partial charge in [-0.05, 0) is 54.1 Å². The number of thiazole rings is 1. The Kier molecular flexibility index (Phi) is 4.48. The van der Waals surface area contributed by atoms with E-state index in [-0.39, 0.29) is 5.01 Å². The molecule has 5 nitrogen and oxygen atoms in total. The molecular formula is C18H15NO4S. The van der Waals surface area contributed by atoms with Crippen LogP contribution in [0.15, 0.2) is 48.5 Å². The smallest absolute Gasteiger partial charge is 0.365 e. The van der Waals surface area contributed by atoms with Crippen LogP contribution in [0.5, 0.6) is 11.5 Å². The zero-order chi connectivity index (χ0) is 17.1. The lowest BCUT2D eigenvalue weighted by atomic mass is 10.1. The van der Waals surface area contributed by atoms with Crippen molar-refractivity contribution in [1.82, 2.24) is 4.98 Å². The Bertz CT molecular complexity index is 789. The van der Waals surface area contributed by atoms with Crippen LogP contribution in [0, 0.1) is 0 Å². The summed E-state index contributed by atoms with van der Waals surface area (Å²) in [5.41, 5.74) is 2.38. The van der Waals surface area contributed by atoms with Crippen LogP contribution in [-0.4, -0.2) is 30.3 Å². The van der Waals surface area contributed by atoms with E-state index in [0.29, 0.717) is 5.69 Å². The maximum atomic E-state index is 11.3. The number of carboxylic acid groups (broad SMARTS) is 1. The van der Waals surface area contributed by atoms with Gasteiger partial charge in [0.25, 0.3) is 0 Å². The lowest BCUT2D eigenvalue weighted by Crippen LogP contribution is -1.94. The fourth-order valence-electron chi connectivity index (χ4n) is 2.29. The molecule has 3 aromatic rings. The van der Waals surface area contributed by atoms with E-state index < -0.39 is 5.97 Å². The molecule has 6 heteroatoms. The summed E-state index contributed by atoms with van der Waals surface area (Å²) in [6, 6.07) is 14.9. The van der Waals surface area contributed by atoms with Crippen LogP contribution in [0.25, 0.3) is 21.7 Å². The third-order valence-electron chi connectivity index (χ3n) is 3.53. The molecule has 0 saturated carbocycles. The van der Waals surface area contributed by atoms with Gasteiger partial charge in [-0.25, -0.2) is 9.78 Å². The Labute approximate surface area is 143 Å². The summed E-state index contributed by atoms with van der Waals surface area (Å²) in [5.74, 6) is 0.445. The van der Waals surface area contributed by atoms with Crippen molar-refractivity contribution >= 4 is 17.3 Å². The van der Waals surface area contributed by atoms with E-state index in [1.54, 1.807) is 14.2 Å². The van der Waals surface area contributed by atoms with E-state index in [9.17, 15) is 9.90 Å². The minimum absolute atomic E-state index is 0.0617. The Morgan fingerprint density at radius 1 is 0.917 bits per heavy atom. The fraction of sp³-hybridized carbons (Fsp3) is 0.111. The van der Waals surface area contributed by atoms with E-state index in [1.165, 1.54) is 0 Å². The lowest BCUT2D eigenvalue weighted by molar-refractivity contribution is 0.0696. The summed E-state index contributed by atoms with van der Waals surface area (Å²) >= 11 is 1.16. The first-order chi connectivity index (χ1) is 11.6. The van der Waals surface area contributed by atoms with E-state index >= 15 is 0 Å². The molecular weight excluding hydrogens is 326 g/mol. The molecule has 2 aromatic carbocycles. The first kappa shape index (κ1) is 16.0. The number of nitrogens with zero attached hydrogens (tertiary/aromatic N) is 1. The van der Waals surface area contributed by atoms with Gasteiger partial charge in [-0.15, -0.1) is 11.3 Å².